The Morgan fingerprint density at radius 2 is 1.71 bits per heavy atom. The van der Waals surface area contributed by atoms with Gasteiger partial charge in [0, 0.05) is 13.1 Å². The van der Waals surface area contributed by atoms with Gasteiger partial charge in [0.15, 0.2) is 6.61 Å². The van der Waals surface area contributed by atoms with Gasteiger partial charge in [-0.15, -0.1) is 0 Å². The van der Waals surface area contributed by atoms with Crippen molar-refractivity contribution in [3.8, 4) is 0 Å². The van der Waals surface area contributed by atoms with Gasteiger partial charge in [0.05, 0.1) is 10.5 Å². The van der Waals surface area contributed by atoms with Crippen molar-refractivity contribution >= 4 is 21.9 Å². The molecule has 7 nitrogen and oxygen atoms in total. The minimum absolute atomic E-state index is 0.0420. The van der Waals surface area contributed by atoms with Crippen molar-refractivity contribution in [3.05, 3.63) is 65.7 Å². The number of carbonyl (C=O) groups excluding carboxylic acids is 2. The highest BCUT2D eigenvalue weighted by Gasteiger charge is 2.18. The topological polar surface area (TPSA) is 102 Å². The first kappa shape index (κ1) is 23.0. The number of rotatable bonds is 9. The third-order valence-corrected chi connectivity index (χ3v) is 6.74. The third kappa shape index (κ3) is 7.18. The second-order valence-corrected chi connectivity index (χ2v) is 9.49. The van der Waals surface area contributed by atoms with E-state index in [1.165, 1.54) is 43.5 Å². The van der Waals surface area contributed by atoms with Crippen molar-refractivity contribution in [2.75, 3.05) is 13.2 Å². The zero-order valence-corrected chi connectivity index (χ0v) is 18.2. The van der Waals surface area contributed by atoms with E-state index in [1.807, 2.05) is 30.3 Å². The number of benzene rings is 2. The molecular weight excluding hydrogens is 416 g/mol. The zero-order chi connectivity index (χ0) is 22.1. The SMILES string of the molecule is O=C(COC(=O)c1cccc(S(=O)(=O)NCc2ccccc2)c1)NCC1CCCCC1. The lowest BCUT2D eigenvalue weighted by molar-refractivity contribution is -0.124. The van der Waals surface area contributed by atoms with Crippen molar-refractivity contribution < 1.29 is 22.7 Å². The second kappa shape index (κ2) is 11.1. The minimum Gasteiger partial charge on any atom is -0.452 e. The number of hydrogen-bond acceptors (Lipinski definition) is 5. The van der Waals surface area contributed by atoms with Gasteiger partial charge in [-0.2, -0.15) is 0 Å². The molecule has 3 rings (SSSR count). The fraction of sp³-hybridized carbons (Fsp3) is 0.391. The summed E-state index contributed by atoms with van der Waals surface area (Å²) in [6.45, 7) is 0.338. The maximum absolute atomic E-state index is 12.6. The molecule has 2 aromatic carbocycles. The molecule has 0 spiro atoms. The number of esters is 1. The van der Waals surface area contributed by atoms with Crippen LogP contribution >= 0.6 is 0 Å². The van der Waals surface area contributed by atoms with Crippen LogP contribution in [0.2, 0.25) is 0 Å². The van der Waals surface area contributed by atoms with Crippen molar-refractivity contribution in [1.82, 2.24) is 10.0 Å². The van der Waals surface area contributed by atoms with Gasteiger partial charge in [-0.05, 0) is 42.5 Å². The van der Waals surface area contributed by atoms with Crippen molar-refractivity contribution in [1.29, 1.82) is 0 Å². The largest absolute Gasteiger partial charge is 0.452 e. The first-order valence-electron chi connectivity index (χ1n) is 10.5. The van der Waals surface area contributed by atoms with Crippen LogP contribution in [-0.2, 0) is 26.1 Å². The van der Waals surface area contributed by atoms with E-state index in [0.29, 0.717) is 12.5 Å². The van der Waals surface area contributed by atoms with Crippen molar-refractivity contribution in [2.45, 2.75) is 43.5 Å². The summed E-state index contributed by atoms with van der Waals surface area (Å²) in [5.74, 6) is -0.612. The van der Waals surface area contributed by atoms with Gasteiger partial charge in [0.1, 0.15) is 0 Å². The van der Waals surface area contributed by atoms with Gasteiger partial charge in [0.2, 0.25) is 10.0 Å². The molecule has 1 aliphatic carbocycles. The number of sulfonamides is 1. The molecule has 1 amide bonds. The summed E-state index contributed by atoms with van der Waals surface area (Å²) in [6, 6.07) is 14.7. The minimum atomic E-state index is -3.80. The van der Waals surface area contributed by atoms with E-state index >= 15 is 0 Å². The molecule has 1 fully saturated rings. The van der Waals surface area contributed by atoms with E-state index in [9.17, 15) is 18.0 Å². The molecule has 0 bridgehead atoms. The van der Waals surface area contributed by atoms with Crippen LogP contribution in [0, 0.1) is 5.92 Å². The highest BCUT2D eigenvalue weighted by molar-refractivity contribution is 7.89. The van der Waals surface area contributed by atoms with E-state index in [4.69, 9.17) is 4.74 Å². The number of ether oxygens (including phenoxy) is 1. The summed E-state index contributed by atoms with van der Waals surface area (Å²) in [4.78, 5) is 24.2. The maximum atomic E-state index is 12.6. The summed E-state index contributed by atoms with van der Waals surface area (Å²) in [5.41, 5.74) is 0.892. The van der Waals surface area contributed by atoms with Crippen LogP contribution < -0.4 is 10.0 Å². The molecule has 31 heavy (non-hydrogen) atoms. The summed E-state index contributed by atoms with van der Waals surface area (Å²) in [7, 11) is -3.80. The fourth-order valence-electron chi connectivity index (χ4n) is 3.56. The van der Waals surface area contributed by atoms with E-state index in [0.717, 1.165) is 18.4 Å². The highest BCUT2D eigenvalue weighted by Crippen LogP contribution is 2.22. The second-order valence-electron chi connectivity index (χ2n) is 7.72. The molecular formula is C23H28N2O5S. The van der Waals surface area contributed by atoms with Crippen molar-refractivity contribution in [2.24, 2.45) is 5.92 Å². The Kier molecular flexibility index (Phi) is 8.20. The molecule has 1 saturated carbocycles. The van der Waals surface area contributed by atoms with Gasteiger partial charge < -0.3 is 10.1 Å². The number of hydrogen-bond donors (Lipinski definition) is 2. The summed E-state index contributed by atoms with van der Waals surface area (Å²) < 4.78 is 32.7. The van der Waals surface area contributed by atoms with Crippen LogP contribution in [0.5, 0.6) is 0 Å². The lowest BCUT2D eigenvalue weighted by atomic mass is 9.89. The van der Waals surface area contributed by atoms with Gasteiger partial charge >= 0.3 is 5.97 Å². The predicted molar refractivity (Wildman–Crippen MR) is 117 cm³/mol. The zero-order valence-electron chi connectivity index (χ0n) is 17.4. The van der Waals surface area contributed by atoms with Gasteiger partial charge in [-0.25, -0.2) is 17.9 Å². The van der Waals surface area contributed by atoms with Crippen LogP contribution in [0.25, 0.3) is 0 Å². The standard InChI is InChI=1S/C23H28N2O5S/c26-22(24-15-18-8-3-1-4-9-18)17-30-23(27)20-12-7-13-21(14-20)31(28,29)25-16-19-10-5-2-6-11-19/h2,5-7,10-14,18,25H,1,3-4,8-9,15-17H2,(H,24,26). The van der Waals surface area contributed by atoms with Gasteiger partial charge in [-0.1, -0.05) is 55.7 Å². The van der Waals surface area contributed by atoms with Crippen LogP contribution in [0.1, 0.15) is 48.0 Å². The van der Waals surface area contributed by atoms with E-state index < -0.39 is 22.6 Å². The Morgan fingerprint density at radius 3 is 2.45 bits per heavy atom. The fourth-order valence-corrected chi connectivity index (χ4v) is 4.63. The highest BCUT2D eigenvalue weighted by atomic mass is 32.2. The van der Waals surface area contributed by atoms with Crippen LogP contribution in [0.15, 0.2) is 59.5 Å². The summed E-state index contributed by atoms with van der Waals surface area (Å²) >= 11 is 0. The van der Waals surface area contributed by atoms with Crippen LogP contribution in [0.3, 0.4) is 0 Å². The molecule has 8 heteroatoms. The quantitative estimate of drug-likeness (QED) is 0.579. The van der Waals surface area contributed by atoms with E-state index in [2.05, 4.69) is 10.0 Å². The Labute approximate surface area is 183 Å². The third-order valence-electron chi connectivity index (χ3n) is 5.34. The lowest BCUT2D eigenvalue weighted by Gasteiger charge is -2.21. The van der Waals surface area contributed by atoms with Crippen molar-refractivity contribution in [3.63, 3.8) is 0 Å². The number of nitrogens with one attached hydrogen (secondary N) is 2. The molecule has 0 aromatic heterocycles. The predicted octanol–water partition coefficient (Wildman–Crippen LogP) is 3.02. The molecule has 0 aliphatic heterocycles. The molecule has 166 valence electrons. The number of carbonyl (C=O) groups is 2. The van der Waals surface area contributed by atoms with Crippen LogP contribution in [-0.4, -0.2) is 33.4 Å². The molecule has 0 atom stereocenters. The summed E-state index contributed by atoms with van der Waals surface area (Å²) in [6.07, 6.45) is 5.85. The average molecular weight is 445 g/mol. The molecule has 2 N–H and O–H groups in total. The summed E-state index contributed by atoms with van der Waals surface area (Å²) in [5, 5.41) is 2.81. The first-order valence-corrected chi connectivity index (χ1v) is 12.0. The lowest BCUT2D eigenvalue weighted by Crippen LogP contribution is -2.33. The molecule has 0 radical (unpaired) electrons. The first-order chi connectivity index (χ1) is 14.9. The average Bonchev–Trinajstić information content (AvgIpc) is 2.81. The molecule has 0 saturated heterocycles. The van der Waals surface area contributed by atoms with Gasteiger partial charge in [-0.3, -0.25) is 4.79 Å². The van der Waals surface area contributed by atoms with Crippen LogP contribution in [0.4, 0.5) is 0 Å². The Hall–Kier alpha value is -2.71. The molecule has 1 aliphatic rings. The maximum Gasteiger partial charge on any atom is 0.338 e. The van der Waals surface area contributed by atoms with E-state index in [-0.39, 0.29) is 22.9 Å². The molecule has 0 heterocycles. The Bertz CT molecular complexity index is 986. The smallest absolute Gasteiger partial charge is 0.338 e. The molecule has 2 aromatic rings. The van der Waals surface area contributed by atoms with Gasteiger partial charge in [0.25, 0.3) is 5.91 Å². The Balaban J connectivity index is 1.51. The Morgan fingerprint density at radius 1 is 0.968 bits per heavy atom. The van der Waals surface area contributed by atoms with E-state index in [1.54, 1.807) is 0 Å². The molecule has 0 unspecified atom stereocenters. The number of amides is 1. The monoisotopic (exact) mass is 444 g/mol. The normalized spacial score (nSPS) is 14.7.